The highest BCUT2D eigenvalue weighted by Gasteiger charge is 2.36. The molecule has 1 fully saturated rings. The van der Waals surface area contributed by atoms with Gasteiger partial charge in [-0.3, -0.25) is 0 Å². The topological polar surface area (TPSA) is 20.2 Å². The van der Waals surface area contributed by atoms with E-state index in [1.54, 1.807) is 0 Å². The highest BCUT2D eigenvalue weighted by Crippen LogP contribution is 2.47. The largest absolute Gasteiger partial charge is 0.388 e. The molecule has 1 N–H and O–H groups in total. The summed E-state index contributed by atoms with van der Waals surface area (Å²) in [7, 11) is 0. The molecule has 0 radical (unpaired) electrons. The molecule has 1 saturated carbocycles. The number of benzene rings is 1. The fourth-order valence-corrected chi connectivity index (χ4v) is 3.64. The zero-order chi connectivity index (χ0) is 14.2. The van der Waals surface area contributed by atoms with Gasteiger partial charge in [-0.25, -0.2) is 0 Å². The Bertz CT molecular complexity index is 441. The highest BCUT2D eigenvalue weighted by atomic mass is 16.3. The van der Waals surface area contributed by atoms with Gasteiger partial charge in [-0.2, -0.15) is 0 Å². The van der Waals surface area contributed by atoms with E-state index in [0.717, 1.165) is 12.8 Å². The summed E-state index contributed by atoms with van der Waals surface area (Å²) in [6.07, 6.45) is 5.84. The molecule has 1 heteroatoms. The average molecular weight is 260 g/mol. The van der Waals surface area contributed by atoms with Crippen LogP contribution in [0.2, 0.25) is 0 Å². The molecule has 0 spiro atoms. The first-order valence-electron chi connectivity index (χ1n) is 7.62. The molecule has 1 aromatic rings. The van der Waals surface area contributed by atoms with Gasteiger partial charge in [0.2, 0.25) is 0 Å². The van der Waals surface area contributed by atoms with E-state index in [1.165, 1.54) is 47.1 Å². The lowest BCUT2D eigenvalue weighted by Crippen LogP contribution is -2.29. The van der Waals surface area contributed by atoms with E-state index in [4.69, 9.17) is 0 Å². The maximum absolute atomic E-state index is 11.0. The standard InChI is InChI=1S/C18H28O/c1-12-11-13(2)15(4)16(14(12)3)17(19)18(5)9-7-6-8-10-18/h11,17,19H,6-10H2,1-5H3. The van der Waals surface area contributed by atoms with Crippen molar-refractivity contribution in [2.75, 3.05) is 0 Å². The molecular formula is C18H28O. The molecule has 0 bridgehead atoms. The Morgan fingerprint density at radius 1 is 0.947 bits per heavy atom. The molecule has 19 heavy (non-hydrogen) atoms. The van der Waals surface area contributed by atoms with Crippen LogP contribution in [0.25, 0.3) is 0 Å². The summed E-state index contributed by atoms with van der Waals surface area (Å²) < 4.78 is 0. The first-order chi connectivity index (χ1) is 8.87. The van der Waals surface area contributed by atoms with Crippen molar-refractivity contribution < 1.29 is 5.11 Å². The lowest BCUT2D eigenvalue weighted by atomic mass is 9.68. The summed E-state index contributed by atoms with van der Waals surface area (Å²) in [6.45, 7) is 10.9. The van der Waals surface area contributed by atoms with Gasteiger partial charge in [0.05, 0.1) is 6.10 Å². The van der Waals surface area contributed by atoms with Crippen LogP contribution < -0.4 is 0 Å². The summed E-state index contributed by atoms with van der Waals surface area (Å²) in [5.41, 5.74) is 6.42. The molecule has 1 aromatic carbocycles. The van der Waals surface area contributed by atoms with Crippen LogP contribution in [0.3, 0.4) is 0 Å². The highest BCUT2D eigenvalue weighted by molar-refractivity contribution is 5.45. The quantitative estimate of drug-likeness (QED) is 0.800. The van der Waals surface area contributed by atoms with E-state index in [9.17, 15) is 5.11 Å². The van der Waals surface area contributed by atoms with Crippen molar-refractivity contribution in [3.8, 4) is 0 Å². The maximum Gasteiger partial charge on any atom is 0.0848 e. The molecule has 2 rings (SSSR count). The second-order valence-corrected chi connectivity index (χ2v) is 6.79. The van der Waals surface area contributed by atoms with Gasteiger partial charge in [0.1, 0.15) is 0 Å². The van der Waals surface area contributed by atoms with E-state index in [0.29, 0.717) is 0 Å². The average Bonchev–Trinajstić information content (AvgIpc) is 2.37. The second kappa shape index (κ2) is 5.28. The molecule has 1 aliphatic carbocycles. The van der Waals surface area contributed by atoms with Gasteiger partial charge in [0.15, 0.2) is 0 Å². The fraction of sp³-hybridized carbons (Fsp3) is 0.667. The van der Waals surface area contributed by atoms with Crippen molar-refractivity contribution in [2.45, 2.75) is 72.8 Å². The number of hydrogen-bond acceptors (Lipinski definition) is 1. The van der Waals surface area contributed by atoms with E-state index < -0.39 is 0 Å². The molecule has 0 saturated heterocycles. The van der Waals surface area contributed by atoms with Crippen molar-refractivity contribution in [1.82, 2.24) is 0 Å². The van der Waals surface area contributed by atoms with Crippen molar-refractivity contribution in [3.63, 3.8) is 0 Å². The predicted octanol–water partition coefficient (Wildman–Crippen LogP) is 4.92. The smallest absolute Gasteiger partial charge is 0.0848 e. The van der Waals surface area contributed by atoms with Gasteiger partial charge in [-0.1, -0.05) is 32.3 Å². The second-order valence-electron chi connectivity index (χ2n) is 6.79. The van der Waals surface area contributed by atoms with Crippen molar-refractivity contribution in [3.05, 3.63) is 33.9 Å². The zero-order valence-electron chi connectivity index (χ0n) is 13.1. The molecule has 106 valence electrons. The lowest BCUT2D eigenvalue weighted by molar-refractivity contribution is 0.00728. The van der Waals surface area contributed by atoms with E-state index in [1.807, 2.05) is 0 Å². The van der Waals surface area contributed by atoms with Crippen LogP contribution >= 0.6 is 0 Å². The third kappa shape index (κ3) is 2.58. The van der Waals surface area contributed by atoms with Crippen LogP contribution in [0.15, 0.2) is 6.07 Å². The molecule has 1 atom stereocenters. The molecule has 1 unspecified atom stereocenters. The van der Waals surface area contributed by atoms with Crippen LogP contribution in [0, 0.1) is 33.1 Å². The maximum atomic E-state index is 11.0. The minimum absolute atomic E-state index is 0.0635. The van der Waals surface area contributed by atoms with E-state index in [2.05, 4.69) is 40.7 Å². The molecule has 0 heterocycles. The van der Waals surface area contributed by atoms with Gasteiger partial charge in [0, 0.05) is 0 Å². The monoisotopic (exact) mass is 260 g/mol. The molecular weight excluding hydrogens is 232 g/mol. The Morgan fingerprint density at radius 3 is 1.89 bits per heavy atom. The number of aliphatic hydroxyl groups excluding tert-OH is 1. The lowest BCUT2D eigenvalue weighted by Gasteiger charge is -2.39. The van der Waals surface area contributed by atoms with Crippen LogP contribution in [0.5, 0.6) is 0 Å². The van der Waals surface area contributed by atoms with Crippen LogP contribution in [0.4, 0.5) is 0 Å². The normalized spacial score (nSPS) is 20.3. The Labute approximate surface area is 118 Å². The number of aliphatic hydroxyl groups is 1. The van der Waals surface area contributed by atoms with Gasteiger partial charge in [-0.15, -0.1) is 0 Å². The number of hydrogen-bond donors (Lipinski definition) is 1. The van der Waals surface area contributed by atoms with Crippen molar-refractivity contribution in [2.24, 2.45) is 5.41 Å². The SMILES string of the molecule is Cc1cc(C)c(C)c(C(O)C2(C)CCCCC2)c1C. The summed E-state index contributed by atoms with van der Waals surface area (Å²) in [5, 5.41) is 11.0. The van der Waals surface area contributed by atoms with Crippen LogP contribution in [-0.2, 0) is 0 Å². The summed E-state index contributed by atoms with van der Waals surface area (Å²) >= 11 is 0. The zero-order valence-corrected chi connectivity index (χ0v) is 13.1. The van der Waals surface area contributed by atoms with Crippen LogP contribution in [-0.4, -0.2) is 5.11 Å². The van der Waals surface area contributed by atoms with Crippen molar-refractivity contribution in [1.29, 1.82) is 0 Å². The molecule has 0 aromatic heterocycles. The third-order valence-electron chi connectivity index (χ3n) is 5.35. The van der Waals surface area contributed by atoms with Crippen molar-refractivity contribution >= 4 is 0 Å². The first kappa shape index (κ1) is 14.6. The Balaban J connectivity index is 2.46. The first-order valence-corrected chi connectivity index (χ1v) is 7.62. The fourth-order valence-electron chi connectivity index (χ4n) is 3.64. The minimum atomic E-state index is -0.314. The Kier molecular flexibility index (Phi) is 4.06. The van der Waals surface area contributed by atoms with E-state index >= 15 is 0 Å². The van der Waals surface area contributed by atoms with Gasteiger partial charge < -0.3 is 5.11 Å². The predicted molar refractivity (Wildman–Crippen MR) is 81.5 cm³/mol. The Morgan fingerprint density at radius 2 is 1.42 bits per heavy atom. The van der Waals surface area contributed by atoms with Gasteiger partial charge in [-0.05, 0) is 73.8 Å². The summed E-state index contributed by atoms with van der Waals surface area (Å²) in [6, 6.07) is 2.24. The van der Waals surface area contributed by atoms with Gasteiger partial charge >= 0.3 is 0 Å². The molecule has 0 aliphatic heterocycles. The molecule has 1 aliphatic rings. The van der Waals surface area contributed by atoms with Crippen LogP contribution in [0.1, 0.15) is 72.9 Å². The number of aryl methyl sites for hydroxylation is 2. The van der Waals surface area contributed by atoms with E-state index in [-0.39, 0.29) is 11.5 Å². The third-order valence-corrected chi connectivity index (χ3v) is 5.35. The molecule has 1 nitrogen and oxygen atoms in total. The number of rotatable bonds is 2. The summed E-state index contributed by atoms with van der Waals surface area (Å²) in [5.74, 6) is 0. The van der Waals surface area contributed by atoms with Gasteiger partial charge in [0.25, 0.3) is 0 Å². The molecule has 0 amide bonds. The summed E-state index contributed by atoms with van der Waals surface area (Å²) in [4.78, 5) is 0. The minimum Gasteiger partial charge on any atom is -0.388 e. The Hall–Kier alpha value is -0.820.